The molecule has 1 unspecified atom stereocenters. The third-order valence-electron chi connectivity index (χ3n) is 10.5. The van der Waals surface area contributed by atoms with Crippen LogP contribution in [0.2, 0.25) is 0 Å². The van der Waals surface area contributed by atoms with Gasteiger partial charge in [0, 0.05) is 37.9 Å². The Bertz CT molecular complexity index is 1750. The average molecular weight is 864 g/mol. The number of carbonyl (C=O) groups is 6. The fraction of sp³-hybridized carbons (Fsp3) is 0.617. The number of hydrogen-bond acceptors (Lipinski definition) is 9. The third-order valence-corrected chi connectivity index (χ3v) is 10.5. The highest BCUT2D eigenvalue weighted by Gasteiger charge is 2.45. The molecule has 1 fully saturated rings. The number of carbonyl (C=O) groups excluding carboxylic acids is 6. The summed E-state index contributed by atoms with van der Waals surface area (Å²) in [5.74, 6) is -2.00. The highest BCUT2D eigenvalue weighted by atomic mass is 16.6. The molecule has 1 aliphatic heterocycles. The van der Waals surface area contributed by atoms with Crippen LogP contribution >= 0.6 is 0 Å². The first kappa shape index (κ1) is 51.2. The largest absolute Gasteiger partial charge is 0.444 e. The van der Waals surface area contributed by atoms with Gasteiger partial charge in [0.1, 0.15) is 35.4 Å². The molecule has 4 atom stereocenters. The molecule has 62 heavy (non-hydrogen) atoms. The number of alkyl carbamates (subject to hydrolysis) is 2. The van der Waals surface area contributed by atoms with Crippen LogP contribution < -0.4 is 32.3 Å². The smallest absolute Gasteiger partial charge is 0.408 e. The number of hydrogen-bond donors (Lipinski definition) is 6. The molecule has 2 aromatic carbocycles. The van der Waals surface area contributed by atoms with E-state index in [-0.39, 0.29) is 36.5 Å². The molecule has 0 bridgehead atoms. The number of amides is 6. The molecule has 0 aliphatic carbocycles. The van der Waals surface area contributed by atoms with Gasteiger partial charge in [0.15, 0.2) is 0 Å². The van der Waals surface area contributed by atoms with E-state index in [2.05, 4.69) is 33.5 Å². The van der Waals surface area contributed by atoms with Crippen molar-refractivity contribution in [3.63, 3.8) is 0 Å². The van der Waals surface area contributed by atoms with Crippen LogP contribution in [0.15, 0.2) is 60.7 Å². The maximum absolute atomic E-state index is 14.4. The van der Waals surface area contributed by atoms with Gasteiger partial charge in [-0.25, -0.2) is 9.59 Å². The number of ether oxygens (including phenoxy) is 2. The van der Waals surface area contributed by atoms with Crippen LogP contribution in [0.1, 0.15) is 112 Å². The standard InChI is InChI=1S/C47H73N7O8/c1-10-47(24-25-48)30-54(31-47)42(58)35(23-17-18-26-49-43(59)61-45(4,5)6)50-39(55)36(27-32(2)3)51-40(56)37(28-33-19-13-11-14-20-33)52-41(57)38(29-34-21-15-12-16-22-34)53-44(60)62-46(7,8)9/h11-16,19-22,32,35-38H,10,17-18,23-31,48H2,1-9H3,(H,49,59)(H,50,55)(H,51,56)(H,52,57)(H,53,60)/t35-,36?,37-,38-/m1/s1. The van der Waals surface area contributed by atoms with E-state index >= 15 is 0 Å². The number of nitrogens with one attached hydrogen (secondary N) is 5. The lowest BCUT2D eigenvalue weighted by atomic mass is 9.74. The molecule has 0 radical (unpaired) electrons. The Hall–Kier alpha value is -5.18. The van der Waals surface area contributed by atoms with Crippen molar-refractivity contribution in [1.82, 2.24) is 31.5 Å². The number of unbranched alkanes of at least 4 members (excludes halogenated alkanes) is 1. The summed E-state index contributed by atoms with van der Waals surface area (Å²) in [6.45, 7) is 18.4. The number of likely N-dealkylation sites (tertiary alicyclic amines) is 1. The van der Waals surface area contributed by atoms with Gasteiger partial charge in [-0.15, -0.1) is 0 Å². The maximum atomic E-state index is 14.4. The molecule has 1 saturated heterocycles. The SMILES string of the molecule is CCC1(CCN)CN(C(=O)[C@@H](CCCCNC(=O)OC(C)(C)C)NC(=O)C(CC(C)C)NC(=O)[C@@H](Cc2ccccc2)NC(=O)[C@@H](Cc2ccccc2)NC(=O)OC(C)(C)C)C1. The van der Waals surface area contributed by atoms with Crippen molar-refractivity contribution in [1.29, 1.82) is 0 Å². The molecule has 3 rings (SSSR count). The predicted molar refractivity (Wildman–Crippen MR) is 240 cm³/mol. The van der Waals surface area contributed by atoms with E-state index in [9.17, 15) is 28.8 Å². The Balaban J connectivity index is 1.84. The Kier molecular flexibility index (Phi) is 19.7. The molecule has 2 aromatic rings. The molecule has 0 saturated carbocycles. The van der Waals surface area contributed by atoms with Gasteiger partial charge in [-0.3, -0.25) is 19.2 Å². The average Bonchev–Trinajstić information content (AvgIpc) is 3.16. The van der Waals surface area contributed by atoms with Crippen molar-refractivity contribution in [3.8, 4) is 0 Å². The summed E-state index contributed by atoms with van der Waals surface area (Å²) in [5.41, 5.74) is 5.93. The van der Waals surface area contributed by atoms with E-state index in [1.807, 2.05) is 74.5 Å². The van der Waals surface area contributed by atoms with Crippen LogP contribution in [0.25, 0.3) is 0 Å². The molecule has 344 valence electrons. The molecular weight excluding hydrogens is 791 g/mol. The normalized spacial score (nSPS) is 15.5. The summed E-state index contributed by atoms with van der Waals surface area (Å²) in [5, 5.41) is 14.2. The highest BCUT2D eigenvalue weighted by molar-refractivity contribution is 5.95. The zero-order valence-corrected chi connectivity index (χ0v) is 38.4. The van der Waals surface area contributed by atoms with Crippen molar-refractivity contribution >= 4 is 35.8 Å². The van der Waals surface area contributed by atoms with E-state index in [1.165, 1.54) is 0 Å². The van der Waals surface area contributed by atoms with Crippen molar-refractivity contribution in [2.75, 3.05) is 26.2 Å². The van der Waals surface area contributed by atoms with Gasteiger partial charge in [-0.2, -0.15) is 0 Å². The molecular formula is C47H73N7O8. The number of rotatable bonds is 22. The quantitative estimate of drug-likeness (QED) is 0.0864. The predicted octanol–water partition coefficient (Wildman–Crippen LogP) is 5.15. The number of nitrogens with two attached hydrogens (primary N) is 1. The minimum Gasteiger partial charge on any atom is -0.444 e. The van der Waals surface area contributed by atoms with Gasteiger partial charge in [-0.1, -0.05) is 81.4 Å². The molecule has 1 heterocycles. The van der Waals surface area contributed by atoms with Crippen LogP contribution in [-0.2, 0) is 41.5 Å². The Morgan fingerprint density at radius 3 is 1.63 bits per heavy atom. The van der Waals surface area contributed by atoms with Gasteiger partial charge in [0.2, 0.25) is 23.6 Å². The molecule has 0 spiro atoms. The molecule has 6 amide bonds. The van der Waals surface area contributed by atoms with Crippen molar-refractivity contribution in [3.05, 3.63) is 71.8 Å². The lowest BCUT2D eigenvalue weighted by Crippen LogP contribution is -2.64. The fourth-order valence-electron chi connectivity index (χ4n) is 7.33. The summed E-state index contributed by atoms with van der Waals surface area (Å²) in [7, 11) is 0. The Labute approximate surface area is 368 Å². The van der Waals surface area contributed by atoms with Crippen LogP contribution in [0, 0.1) is 11.3 Å². The summed E-state index contributed by atoms with van der Waals surface area (Å²) in [6, 6.07) is 14.2. The van der Waals surface area contributed by atoms with Gasteiger partial charge < -0.3 is 46.7 Å². The fourth-order valence-corrected chi connectivity index (χ4v) is 7.33. The molecule has 15 heteroatoms. The second kappa shape index (κ2) is 23.9. The highest BCUT2D eigenvalue weighted by Crippen LogP contribution is 2.37. The maximum Gasteiger partial charge on any atom is 0.408 e. The summed E-state index contributed by atoms with van der Waals surface area (Å²) in [6.07, 6.45) is 2.15. The molecule has 15 nitrogen and oxygen atoms in total. The molecule has 0 aromatic heterocycles. The first-order valence-electron chi connectivity index (χ1n) is 22.1. The van der Waals surface area contributed by atoms with E-state index < -0.39 is 65.3 Å². The van der Waals surface area contributed by atoms with E-state index in [0.717, 1.165) is 24.0 Å². The lowest BCUT2D eigenvalue weighted by molar-refractivity contribution is -0.148. The Morgan fingerprint density at radius 1 is 0.677 bits per heavy atom. The van der Waals surface area contributed by atoms with Crippen LogP contribution in [0.5, 0.6) is 0 Å². The summed E-state index contributed by atoms with van der Waals surface area (Å²) < 4.78 is 10.8. The zero-order chi connectivity index (χ0) is 46.1. The second-order valence-corrected chi connectivity index (χ2v) is 18.9. The minimum atomic E-state index is -1.15. The van der Waals surface area contributed by atoms with Crippen molar-refractivity contribution < 1.29 is 38.2 Å². The first-order chi connectivity index (χ1) is 29.1. The summed E-state index contributed by atoms with van der Waals surface area (Å²) >= 11 is 0. The summed E-state index contributed by atoms with van der Waals surface area (Å²) in [4.78, 5) is 83.7. The zero-order valence-electron chi connectivity index (χ0n) is 38.4. The number of nitrogens with zero attached hydrogens (tertiary/aromatic N) is 1. The van der Waals surface area contributed by atoms with E-state index in [4.69, 9.17) is 15.2 Å². The first-order valence-corrected chi connectivity index (χ1v) is 22.1. The topological polar surface area (TPSA) is 210 Å². The van der Waals surface area contributed by atoms with E-state index in [0.29, 0.717) is 45.4 Å². The Morgan fingerprint density at radius 2 is 1.15 bits per heavy atom. The van der Waals surface area contributed by atoms with Gasteiger partial charge in [0.05, 0.1) is 0 Å². The van der Waals surface area contributed by atoms with Crippen molar-refractivity contribution in [2.24, 2.45) is 17.1 Å². The minimum absolute atomic E-state index is 0.0357. The third kappa shape index (κ3) is 18.0. The van der Waals surface area contributed by atoms with Gasteiger partial charge >= 0.3 is 12.2 Å². The van der Waals surface area contributed by atoms with Crippen LogP contribution in [-0.4, -0.2) is 102 Å². The van der Waals surface area contributed by atoms with Crippen LogP contribution in [0.3, 0.4) is 0 Å². The van der Waals surface area contributed by atoms with Gasteiger partial charge in [-0.05, 0) is 104 Å². The lowest BCUT2D eigenvalue weighted by Gasteiger charge is -2.51. The van der Waals surface area contributed by atoms with E-state index in [1.54, 1.807) is 46.4 Å². The van der Waals surface area contributed by atoms with Crippen molar-refractivity contribution in [2.45, 2.75) is 149 Å². The molecule has 7 N–H and O–H groups in total. The monoisotopic (exact) mass is 864 g/mol. The van der Waals surface area contributed by atoms with Gasteiger partial charge in [0.25, 0.3) is 0 Å². The molecule has 1 aliphatic rings. The number of benzene rings is 2. The second-order valence-electron chi connectivity index (χ2n) is 18.9. The van der Waals surface area contributed by atoms with Crippen LogP contribution in [0.4, 0.5) is 9.59 Å².